The predicted octanol–water partition coefficient (Wildman–Crippen LogP) is 0.437. The van der Waals surface area contributed by atoms with Crippen LogP contribution in [0.3, 0.4) is 0 Å². The Hall–Kier alpha value is -1.30. The molecule has 0 spiro atoms. The summed E-state index contributed by atoms with van der Waals surface area (Å²) in [4.78, 5) is 11.3. The second kappa shape index (κ2) is 3.21. The van der Waals surface area contributed by atoms with Gasteiger partial charge in [-0.1, -0.05) is 6.92 Å². The van der Waals surface area contributed by atoms with E-state index in [0.29, 0.717) is 0 Å². The molecule has 13 heavy (non-hydrogen) atoms. The van der Waals surface area contributed by atoms with Crippen LogP contribution in [-0.2, 0) is 9.84 Å². The largest absolute Gasteiger partial charge is 0.448 e. The predicted molar refractivity (Wildman–Crippen MR) is 46.9 cm³/mol. The Morgan fingerprint density at radius 2 is 2.23 bits per heavy atom. The average Bonchev–Trinajstić information content (AvgIpc) is 2.50. The number of nitrogen functional groups attached to an aromatic ring is 1. The van der Waals surface area contributed by atoms with E-state index >= 15 is 0 Å². The molecule has 0 unspecified atom stereocenters. The van der Waals surface area contributed by atoms with E-state index in [2.05, 4.69) is 4.42 Å². The highest BCUT2D eigenvalue weighted by Gasteiger charge is 2.25. The van der Waals surface area contributed by atoms with E-state index in [-0.39, 0.29) is 17.2 Å². The van der Waals surface area contributed by atoms with Crippen molar-refractivity contribution >= 4 is 20.8 Å². The lowest BCUT2D eigenvalue weighted by molar-refractivity contribution is 0.107. The summed E-state index contributed by atoms with van der Waals surface area (Å²) in [5, 5.41) is -0.985. The third-order valence-electron chi connectivity index (χ3n) is 1.58. The SMILES string of the molecule is CCS(=O)(=O)C(=O)c1ccoc1N. The lowest BCUT2D eigenvalue weighted by Gasteiger charge is -1.97. The van der Waals surface area contributed by atoms with Crippen molar-refractivity contribution in [3.05, 3.63) is 17.9 Å². The maximum atomic E-state index is 11.3. The molecule has 0 aliphatic heterocycles. The molecule has 6 heteroatoms. The highest BCUT2D eigenvalue weighted by Crippen LogP contribution is 2.15. The number of hydrogen-bond acceptors (Lipinski definition) is 5. The summed E-state index contributed by atoms with van der Waals surface area (Å²) in [6, 6.07) is 1.24. The lowest BCUT2D eigenvalue weighted by atomic mass is 10.3. The van der Waals surface area contributed by atoms with E-state index in [1.165, 1.54) is 19.3 Å². The Morgan fingerprint density at radius 1 is 1.62 bits per heavy atom. The van der Waals surface area contributed by atoms with Gasteiger partial charge in [-0.2, -0.15) is 0 Å². The number of hydrogen-bond donors (Lipinski definition) is 1. The van der Waals surface area contributed by atoms with Gasteiger partial charge in [0.2, 0.25) is 15.7 Å². The smallest absolute Gasteiger partial charge is 0.282 e. The van der Waals surface area contributed by atoms with Crippen molar-refractivity contribution < 1.29 is 17.6 Å². The Kier molecular flexibility index (Phi) is 2.42. The van der Waals surface area contributed by atoms with E-state index in [0.717, 1.165) is 0 Å². The van der Waals surface area contributed by atoms with E-state index in [1.807, 2.05) is 0 Å². The van der Waals surface area contributed by atoms with Crippen LogP contribution in [0.15, 0.2) is 16.7 Å². The second-order valence-corrected chi connectivity index (χ2v) is 4.57. The molecule has 72 valence electrons. The topological polar surface area (TPSA) is 90.4 Å². The molecule has 0 fully saturated rings. The van der Waals surface area contributed by atoms with Crippen molar-refractivity contribution in [2.45, 2.75) is 6.92 Å². The summed E-state index contributed by atoms with van der Waals surface area (Å²) in [5.41, 5.74) is 5.15. The Bertz CT molecular complexity index is 417. The zero-order chi connectivity index (χ0) is 10.1. The minimum atomic E-state index is -3.72. The Labute approximate surface area is 75.4 Å². The summed E-state index contributed by atoms with van der Waals surface area (Å²) < 4.78 is 26.8. The van der Waals surface area contributed by atoms with Crippen LogP contribution in [0.25, 0.3) is 0 Å². The van der Waals surface area contributed by atoms with Gasteiger partial charge in [0.25, 0.3) is 5.12 Å². The van der Waals surface area contributed by atoms with Gasteiger partial charge in [-0.05, 0) is 6.07 Å². The first kappa shape index (κ1) is 9.79. The van der Waals surface area contributed by atoms with Crippen LogP contribution in [0, 0.1) is 0 Å². The molecule has 0 atom stereocenters. The molecule has 0 aromatic carbocycles. The van der Waals surface area contributed by atoms with Crippen molar-refractivity contribution in [3.63, 3.8) is 0 Å². The van der Waals surface area contributed by atoms with Crippen molar-refractivity contribution in [2.24, 2.45) is 0 Å². The molecule has 0 bridgehead atoms. The van der Waals surface area contributed by atoms with Gasteiger partial charge < -0.3 is 10.2 Å². The molecule has 0 aliphatic carbocycles. The number of carbonyl (C=O) groups excluding carboxylic acids is 1. The summed E-state index contributed by atoms with van der Waals surface area (Å²) in [6.07, 6.45) is 1.17. The first-order valence-corrected chi connectivity index (χ1v) is 5.24. The van der Waals surface area contributed by atoms with Crippen LogP contribution in [0.1, 0.15) is 17.3 Å². The van der Waals surface area contributed by atoms with Crippen LogP contribution >= 0.6 is 0 Å². The molecule has 5 nitrogen and oxygen atoms in total. The molecule has 0 radical (unpaired) electrons. The average molecular weight is 203 g/mol. The quantitative estimate of drug-likeness (QED) is 0.753. The van der Waals surface area contributed by atoms with Gasteiger partial charge in [-0.3, -0.25) is 4.79 Å². The third kappa shape index (κ3) is 1.72. The van der Waals surface area contributed by atoms with Gasteiger partial charge in [0, 0.05) is 0 Å². The first-order chi connectivity index (χ1) is 5.99. The van der Waals surface area contributed by atoms with Gasteiger partial charge in [0.1, 0.15) is 0 Å². The molecular weight excluding hydrogens is 194 g/mol. The van der Waals surface area contributed by atoms with Crippen molar-refractivity contribution in [3.8, 4) is 0 Å². The maximum absolute atomic E-state index is 11.3. The molecule has 1 aromatic heterocycles. The van der Waals surface area contributed by atoms with Gasteiger partial charge in [-0.25, -0.2) is 8.42 Å². The minimum Gasteiger partial charge on any atom is -0.448 e. The number of furan rings is 1. The fraction of sp³-hybridized carbons (Fsp3) is 0.286. The molecule has 0 saturated carbocycles. The fourth-order valence-electron chi connectivity index (χ4n) is 0.788. The molecule has 0 saturated heterocycles. The third-order valence-corrected chi connectivity index (χ3v) is 3.12. The van der Waals surface area contributed by atoms with E-state index < -0.39 is 15.0 Å². The van der Waals surface area contributed by atoms with Crippen molar-refractivity contribution in [1.82, 2.24) is 0 Å². The molecule has 2 N–H and O–H groups in total. The van der Waals surface area contributed by atoms with Crippen LogP contribution in [0.4, 0.5) is 5.88 Å². The first-order valence-electron chi connectivity index (χ1n) is 3.59. The van der Waals surface area contributed by atoms with Crippen molar-refractivity contribution in [1.29, 1.82) is 0 Å². The number of nitrogens with two attached hydrogens (primary N) is 1. The van der Waals surface area contributed by atoms with E-state index in [1.54, 1.807) is 0 Å². The molecular formula is C7H9NO4S. The number of rotatable bonds is 2. The maximum Gasteiger partial charge on any atom is 0.282 e. The van der Waals surface area contributed by atoms with Gasteiger partial charge in [0.05, 0.1) is 17.6 Å². The Balaban J connectivity index is 3.14. The number of carbonyl (C=O) groups is 1. The monoisotopic (exact) mass is 203 g/mol. The van der Waals surface area contributed by atoms with Crippen LogP contribution in [0.2, 0.25) is 0 Å². The van der Waals surface area contributed by atoms with E-state index in [4.69, 9.17) is 5.73 Å². The zero-order valence-electron chi connectivity index (χ0n) is 6.98. The summed E-state index contributed by atoms with van der Waals surface area (Å²) in [6.45, 7) is 1.39. The van der Waals surface area contributed by atoms with Gasteiger partial charge >= 0.3 is 0 Å². The molecule has 0 aliphatic rings. The fourth-order valence-corrected chi connectivity index (χ4v) is 1.55. The standard InChI is InChI=1S/C7H9NO4S/c1-2-13(10,11)7(9)5-3-4-12-6(5)8/h3-4H,2,8H2,1H3. The number of anilines is 1. The highest BCUT2D eigenvalue weighted by molar-refractivity contribution is 8.06. The van der Waals surface area contributed by atoms with E-state index in [9.17, 15) is 13.2 Å². The zero-order valence-corrected chi connectivity index (χ0v) is 7.80. The lowest BCUT2D eigenvalue weighted by Crippen LogP contribution is -2.17. The minimum absolute atomic E-state index is 0.0955. The molecule has 1 rings (SSSR count). The van der Waals surface area contributed by atoms with Crippen LogP contribution in [0.5, 0.6) is 0 Å². The van der Waals surface area contributed by atoms with Crippen LogP contribution < -0.4 is 5.73 Å². The Morgan fingerprint density at radius 3 is 2.62 bits per heavy atom. The second-order valence-electron chi connectivity index (χ2n) is 2.39. The molecule has 1 aromatic rings. The highest BCUT2D eigenvalue weighted by atomic mass is 32.2. The van der Waals surface area contributed by atoms with Gasteiger partial charge in [-0.15, -0.1) is 0 Å². The van der Waals surface area contributed by atoms with Gasteiger partial charge in [0.15, 0.2) is 0 Å². The normalized spacial score (nSPS) is 11.5. The molecule has 0 amide bonds. The summed E-state index contributed by atoms with van der Waals surface area (Å²) >= 11 is 0. The molecule has 1 heterocycles. The van der Waals surface area contributed by atoms with Crippen LogP contribution in [-0.4, -0.2) is 19.3 Å². The van der Waals surface area contributed by atoms with Crippen molar-refractivity contribution in [2.75, 3.05) is 11.5 Å². The number of sulfone groups is 1. The summed E-state index contributed by atoms with van der Waals surface area (Å²) in [5.74, 6) is -0.404. The summed E-state index contributed by atoms with van der Waals surface area (Å²) in [7, 11) is -3.72.